The van der Waals surface area contributed by atoms with Gasteiger partial charge in [0.2, 0.25) is 0 Å². The summed E-state index contributed by atoms with van der Waals surface area (Å²) in [5.74, 6) is -0.841. The maximum Gasteiger partial charge on any atom is 0.414 e. The van der Waals surface area contributed by atoms with Gasteiger partial charge in [-0.15, -0.1) is 0 Å². The number of amidine groups is 1. The molecule has 2 aromatic rings. The number of benzene rings is 2. The van der Waals surface area contributed by atoms with E-state index >= 15 is 0 Å². The number of carbonyl (C=O) groups excluding carboxylic acids is 2. The van der Waals surface area contributed by atoms with E-state index in [2.05, 4.69) is 0 Å². The molecule has 0 radical (unpaired) electrons. The topological polar surface area (TPSA) is 143 Å². The van der Waals surface area contributed by atoms with Crippen molar-refractivity contribution in [3.63, 3.8) is 0 Å². The molecule has 2 aromatic carbocycles. The number of amides is 2. The Morgan fingerprint density at radius 2 is 1.76 bits per heavy atom. The number of nitrogens with zero attached hydrogens (tertiary/aromatic N) is 2. The van der Waals surface area contributed by atoms with Gasteiger partial charge >= 0.3 is 18.0 Å². The lowest BCUT2D eigenvalue weighted by Gasteiger charge is -2.34. The number of aliphatic carboxylic acids is 1. The quantitative estimate of drug-likeness (QED) is 0.192. The molecule has 1 aliphatic heterocycles. The average molecular weight is 526 g/mol. The molecule has 204 valence electrons. The van der Waals surface area contributed by atoms with Gasteiger partial charge in [0.05, 0.1) is 25.2 Å². The van der Waals surface area contributed by atoms with Crippen LogP contribution >= 0.6 is 0 Å². The van der Waals surface area contributed by atoms with E-state index in [-0.39, 0.29) is 35.9 Å². The summed E-state index contributed by atoms with van der Waals surface area (Å²) in [6.07, 6.45) is 2.20. The third kappa shape index (κ3) is 7.10. The monoisotopic (exact) mass is 525 g/mol. The van der Waals surface area contributed by atoms with Crippen molar-refractivity contribution in [3.8, 4) is 5.75 Å². The molecule has 0 bridgehead atoms. The minimum Gasteiger partial charge on any atom is -0.490 e. The van der Waals surface area contributed by atoms with E-state index in [0.717, 1.165) is 25.7 Å². The molecule has 1 saturated heterocycles. The highest BCUT2D eigenvalue weighted by atomic mass is 16.6. The van der Waals surface area contributed by atoms with Crippen molar-refractivity contribution in [3.05, 3.63) is 59.7 Å². The number of quaternary nitrogens is 1. The second-order valence-electron chi connectivity index (χ2n) is 9.57. The van der Waals surface area contributed by atoms with Crippen LogP contribution in [0.25, 0.3) is 0 Å². The molecule has 0 aromatic heterocycles. The number of ether oxygens (including phenoxy) is 2. The average Bonchev–Trinajstić information content (AvgIpc) is 3.28. The zero-order valence-electron chi connectivity index (χ0n) is 22.0. The number of nitrogen functional groups attached to an aromatic ring is 1. The molecule has 1 atom stereocenters. The highest BCUT2D eigenvalue weighted by Gasteiger charge is 2.39. The van der Waals surface area contributed by atoms with Crippen LogP contribution in [0.15, 0.2) is 48.5 Å². The molecule has 3 rings (SSSR count). The number of carboxylic acids is 1. The normalized spacial score (nSPS) is 15.3. The maximum atomic E-state index is 13.7. The van der Waals surface area contributed by atoms with Gasteiger partial charge < -0.3 is 20.3 Å². The van der Waals surface area contributed by atoms with Gasteiger partial charge in [-0.05, 0) is 55.3 Å². The molecule has 10 nitrogen and oxygen atoms in total. The van der Waals surface area contributed by atoms with Crippen LogP contribution < -0.4 is 15.4 Å². The SMILES string of the molecule is CCCC[N+](CCCC)(CC(=O)O)C(=O)c1cccc(OCC2CN(c3ccc(C(=N)N)cc3)C(=O)O2)c1. The van der Waals surface area contributed by atoms with Gasteiger partial charge in [0, 0.05) is 11.3 Å². The molecule has 10 heteroatoms. The summed E-state index contributed by atoms with van der Waals surface area (Å²) < 4.78 is 11.2. The first kappa shape index (κ1) is 28.6. The van der Waals surface area contributed by atoms with Gasteiger partial charge in [-0.25, -0.2) is 18.9 Å². The van der Waals surface area contributed by atoms with Gasteiger partial charge in [0.1, 0.15) is 18.2 Å². The Bertz CT molecular complexity index is 1140. The van der Waals surface area contributed by atoms with Gasteiger partial charge in [-0.2, -0.15) is 0 Å². The van der Waals surface area contributed by atoms with Crippen LogP contribution in [0.1, 0.15) is 55.5 Å². The third-order valence-electron chi connectivity index (χ3n) is 6.63. The van der Waals surface area contributed by atoms with Crippen LogP contribution in [0, 0.1) is 5.41 Å². The molecule has 0 saturated carbocycles. The number of hydrogen-bond donors (Lipinski definition) is 3. The van der Waals surface area contributed by atoms with Crippen molar-refractivity contribution >= 4 is 29.5 Å². The van der Waals surface area contributed by atoms with Crippen LogP contribution in [0.4, 0.5) is 10.5 Å². The van der Waals surface area contributed by atoms with E-state index in [1.54, 1.807) is 48.5 Å². The summed E-state index contributed by atoms with van der Waals surface area (Å²) in [6, 6.07) is 13.5. The van der Waals surface area contributed by atoms with Crippen LogP contribution in [-0.2, 0) is 9.53 Å². The molecule has 0 spiro atoms. The molecule has 1 aliphatic rings. The second kappa shape index (κ2) is 13.0. The third-order valence-corrected chi connectivity index (χ3v) is 6.63. The van der Waals surface area contributed by atoms with Gasteiger partial charge in [0.15, 0.2) is 12.6 Å². The van der Waals surface area contributed by atoms with Gasteiger partial charge in [-0.3, -0.25) is 10.3 Å². The van der Waals surface area contributed by atoms with Gasteiger partial charge in [-0.1, -0.05) is 32.8 Å². The van der Waals surface area contributed by atoms with Crippen LogP contribution in [-0.4, -0.2) is 72.3 Å². The molecule has 4 N–H and O–H groups in total. The van der Waals surface area contributed by atoms with Crippen molar-refractivity contribution in [2.24, 2.45) is 5.73 Å². The van der Waals surface area contributed by atoms with E-state index < -0.39 is 18.2 Å². The molecule has 1 heterocycles. The number of unbranched alkanes of at least 4 members (excludes halogenated alkanes) is 2. The standard InChI is InChI=1S/C28H36N4O6/c1-3-5-14-32(15-6-4-2,18-25(33)34)27(35)21-8-7-9-23(16-21)37-19-24-17-31(28(36)38-24)22-12-10-20(11-13-22)26(29)30/h7-13,16,24H,3-6,14-15,17-19H2,1-2H3,(H3-,29,30,33,34)/p+1. The Balaban J connectivity index is 1.70. The fourth-order valence-electron chi connectivity index (χ4n) is 4.55. The number of anilines is 1. The van der Waals surface area contributed by atoms with Crippen molar-refractivity contribution in [2.75, 3.05) is 37.7 Å². The number of nitrogens with two attached hydrogens (primary N) is 1. The Morgan fingerprint density at radius 3 is 2.34 bits per heavy atom. The first-order valence-corrected chi connectivity index (χ1v) is 13.0. The van der Waals surface area contributed by atoms with E-state index in [1.807, 2.05) is 13.8 Å². The second-order valence-corrected chi connectivity index (χ2v) is 9.57. The minimum atomic E-state index is -0.999. The summed E-state index contributed by atoms with van der Waals surface area (Å²) in [4.78, 5) is 39.3. The van der Waals surface area contributed by atoms with Crippen molar-refractivity contribution in [2.45, 2.75) is 45.6 Å². The molecule has 1 unspecified atom stereocenters. The van der Waals surface area contributed by atoms with E-state index in [1.165, 1.54) is 4.90 Å². The van der Waals surface area contributed by atoms with E-state index in [9.17, 15) is 19.5 Å². The Morgan fingerprint density at radius 1 is 1.11 bits per heavy atom. The van der Waals surface area contributed by atoms with Crippen LogP contribution in [0.5, 0.6) is 5.75 Å². The minimum absolute atomic E-state index is 0.0535. The summed E-state index contributed by atoms with van der Waals surface area (Å²) in [7, 11) is 0. The first-order chi connectivity index (χ1) is 18.2. The summed E-state index contributed by atoms with van der Waals surface area (Å²) >= 11 is 0. The lowest BCUT2D eigenvalue weighted by atomic mass is 10.1. The summed E-state index contributed by atoms with van der Waals surface area (Å²) in [6.45, 7) is 5.08. The zero-order chi connectivity index (χ0) is 27.7. The van der Waals surface area contributed by atoms with E-state index in [0.29, 0.717) is 35.7 Å². The predicted octanol–water partition coefficient (Wildman–Crippen LogP) is 4.02. The van der Waals surface area contributed by atoms with Crippen molar-refractivity contribution in [1.82, 2.24) is 0 Å². The summed E-state index contributed by atoms with van der Waals surface area (Å²) in [5, 5.41) is 17.1. The number of rotatable bonds is 14. The summed E-state index contributed by atoms with van der Waals surface area (Å²) in [5.41, 5.74) is 7.07. The largest absolute Gasteiger partial charge is 0.490 e. The lowest BCUT2D eigenvalue weighted by Crippen LogP contribution is -2.56. The Kier molecular flexibility index (Phi) is 9.84. The first-order valence-electron chi connectivity index (χ1n) is 13.0. The fraction of sp³-hybridized carbons (Fsp3) is 0.429. The molecule has 38 heavy (non-hydrogen) atoms. The zero-order valence-corrected chi connectivity index (χ0v) is 22.0. The molecule has 1 fully saturated rings. The molecular weight excluding hydrogens is 488 g/mol. The van der Waals surface area contributed by atoms with Gasteiger partial charge in [0.25, 0.3) is 0 Å². The predicted molar refractivity (Wildman–Crippen MR) is 144 cm³/mol. The Hall–Kier alpha value is -3.92. The lowest BCUT2D eigenvalue weighted by molar-refractivity contribution is -0.842. The number of nitrogens with one attached hydrogen (secondary N) is 1. The number of hydrogen-bond acceptors (Lipinski definition) is 6. The fourth-order valence-corrected chi connectivity index (χ4v) is 4.55. The molecular formula is C28H37N4O6+. The molecule has 0 aliphatic carbocycles. The highest BCUT2D eigenvalue weighted by molar-refractivity contribution is 5.96. The number of carboxylic acid groups (broad SMARTS) is 1. The smallest absolute Gasteiger partial charge is 0.414 e. The van der Waals surface area contributed by atoms with Crippen molar-refractivity contribution < 1.29 is 33.4 Å². The number of carbonyl (C=O) groups is 3. The van der Waals surface area contributed by atoms with Crippen molar-refractivity contribution in [1.29, 1.82) is 5.41 Å². The van der Waals surface area contributed by atoms with Crippen LogP contribution in [0.3, 0.4) is 0 Å². The highest BCUT2D eigenvalue weighted by Crippen LogP contribution is 2.25. The molecule has 2 amide bonds. The maximum absolute atomic E-state index is 13.7. The number of cyclic esters (lactones) is 1. The van der Waals surface area contributed by atoms with E-state index in [4.69, 9.17) is 20.6 Å². The van der Waals surface area contributed by atoms with Crippen LogP contribution in [0.2, 0.25) is 0 Å². The Labute approximate surface area is 223 Å².